The third-order valence-electron chi connectivity index (χ3n) is 3.58. The van der Waals surface area contributed by atoms with E-state index >= 15 is 0 Å². The van der Waals surface area contributed by atoms with Crippen LogP contribution in [-0.2, 0) is 14.8 Å². The molecule has 1 fully saturated rings. The van der Waals surface area contributed by atoms with E-state index in [2.05, 4.69) is 0 Å². The molecule has 0 aromatic carbocycles. The Morgan fingerprint density at radius 3 is 2.50 bits per heavy atom. The van der Waals surface area contributed by atoms with Gasteiger partial charge in [-0.05, 0) is 23.9 Å². The molecule has 1 aromatic heterocycles. The van der Waals surface area contributed by atoms with Crippen LogP contribution in [0.25, 0.3) is 0 Å². The molecule has 2 rings (SSSR count). The number of nitrogens with two attached hydrogens (primary N) is 1. The van der Waals surface area contributed by atoms with Gasteiger partial charge in [-0.15, -0.1) is 11.3 Å². The smallest absolute Gasteiger partial charge is 0.263 e. The minimum atomic E-state index is -3.44. The minimum absolute atomic E-state index is 0.0153. The standard InChI is InChI=1S/C13H19N3O4S2/c1-9-5-11(21-8-9)13(18)15-3-4-16(22(2,19)20)7-10(6-15)12(14)17/h5,8,10H,3-4,6-7H2,1-2H3,(H2,14,17)/t10-/m1/s1. The first-order valence-electron chi connectivity index (χ1n) is 6.77. The molecular weight excluding hydrogens is 326 g/mol. The van der Waals surface area contributed by atoms with E-state index in [1.54, 1.807) is 6.07 Å². The van der Waals surface area contributed by atoms with Gasteiger partial charge in [0.05, 0.1) is 17.1 Å². The fourth-order valence-electron chi connectivity index (χ4n) is 2.35. The van der Waals surface area contributed by atoms with Crippen LogP contribution in [0.1, 0.15) is 15.2 Å². The molecule has 7 nitrogen and oxygen atoms in total. The van der Waals surface area contributed by atoms with Gasteiger partial charge in [0.1, 0.15) is 0 Å². The molecule has 1 aromatic rings. The number of amides is 2. The highest BCUT2D eigenvalue weighted by atomic mass is 32.2. The van der Waals surface area contributed by atoms with Gasteiger partial charge in [0, 0.05) is 26.2 Å². The van der Waals surface area contributed by atoms with Crippen molar-refractivity contribution in [1.82, 2.24) is 9.21 Å². The van der Waals surface area contributed by atoms with Crippen LogP contribution in [0.2, 0.25) is 0 Å². The topological polar surface area (TPSA) is 101 Å². The Morgan fingerprint density at radius 1 is 1.32 bits per heavy atom. The average Bonchev–Trinajstić information content (AvgIpc) is 2.72. The van der Waals surface area contributed by atoms with Crippen LogP contribution in [0.4, 0.5) is 0 Å². The van der Waals surface area contributed by atoms with Crippen molar-refractivity contribution >= 4 is 33.2 Å². The van der Waals surface area contributed by atoms with Crippen molar-refractivity contribution < 1.29 is 18.0 Å². The zero-order chi connectivity index (χ0) is 16.5. The number of thiophene rings is 1. The Bertz CT molecular complexity index is 683. The minimum Gasteiger partial charge on any atom is -0.369 e. The fraction of sp³-hybridized carbons (Fsp3) is 0.538. The molecule has 0 bridgehead atoms. The van der Waals surface area contributed by atoms with E-state index in [9.17, 15) is 18.0 Å². The van der Waals surface area contributed by atoms with Crippen molar-refractivity contribution in [3.63, 3.8) is 0 Å². The van der Waals surface area contributed by atoms with Gasteiger partial charge in [-0.2, -0.15) is 4.31 Å². The predicted molar refractivity (Wildman–Crippen MR) is 84.1 cm³/mol. The molecule has 1 atom stereocenters. The van der Waals surface area contributed by atoms with Crippen LogP contribution in [-0.4, -0.2) is 61.9 Å². The molecule has 122 valence electrons. The second-order valence-corrected chi connectivity index (χ2v) is 8.35. The summed E-state index contributed by atoms with van der Waals surface area (Å²) < 4.78 is 24.7. The molecule has 1 saturated heterocycles. The summed E-state index contributed by atoms with van der Waals surface area (Å²) in [5.41, 5.74) is 6.34. The molecule has 9 heteroatoms. The maximum absolute atomic E-state index is 12.5. The van der Waals surface area contributed by atoms with Crippen molar-refractivity contribution in [2.24, 2.45) is 11.7 Å². The number of carbonyl (C=O) groups is 2. The number of aryl methyl sites for hydroxylation is 1. The lowest BCUT2D eigenvalue weighted by Crippen LogP contribution is -2.40. The number of nitrogens with zero attached hydrogens (tertiary/aromatic N) is 2. The monoisotopic (exact) mass is 345 g/mol. The van der Waals surface area contributed by atoms with Crippen LogP contribution >= 0.6 is 11.3 Å². The average molecular weight is 345 g/mol. The third kappa shape index (κ3) is 3.84. The van der Waals surface area contributed by atoms with Crippen LogP contribution in [0, 0.1) is 12.8 Å². The summed E-state index contributed by atoms with van der Waals surface area (Å²) in [5.74, 6) is -1.50. The van der Waals surface area contributed by atoms with Gasteiger partial charge in [-0.3, -0.25) is 9.59 Å². The summed E-state index contributed by atoms with van der Waals surface area (Å²) >= 11 is 1.33. The van der Waals surface area contributed by atoms with E-state index in [1.165, 1.54) is 20.5 Å². The van der Waals surface area contributed by atoms with Crippen LogP contribution < -0.4 is 5.73 Å². The molecule has 0 saturated carbocycles. The molecule has 2 N–H and O–H groups in total. The van der Waals surface area contributed by atoms with Gasteiger partial charge < -0.3 is 10.6 Å². The molecule has 0 spiro atoms. The molecule has 0 aliphatic carbocycles. The lowest BCUT2D eigenvalue weighted by molar-refractivity contribution is -0.122. The highest BCUT2D eigenvalue weighted by molar-refractivity contribution is 7.88. The number of hydrogen-bond donors (Lipinski definition) is 1. The first-order chi connectivity index (χ1) is 10.2. The summed E-state index contributed by atoms with van der Waals surface area (Å²) in [7, 11) is -3.44. The largest absolute Gasteiger partial charge is 0.369 e. The van der Waals surface area contributed by atoms with Crippen molar-refractivity contribution in [2.75, 3.05) is 32.4 Å². The normalized spacial score (nSPS) is 20.6. The van der Waals surface area contributed by atoms with Crippen LogP contribution in [0.15, 0.2) is 11.4 Å². The number of carbonyl (C=O) groups excluding carboxylic acids is 2. The van der Waals surface area contributed by atoms with E-state index < -0.39 is 21.8 Å². The Labute approximate surface area is 133 Å². The van der Waals surface area contributed by atoms with Gasteiger partial charge in [0.15, 0.2) is 0 Å². The van der Waals surface area contributed by atoms with E-state index in [1.807, 2.05) is 12.3 Å². The summed E-state index contributed by atoms with van der Waals surface area (Å²) in [6.45, 7) is 2.46. The molecule has 2 amide bonds. The highest BCUT2D eigenvalue weighted by Gasteiger charge is 2.32. The molecule has 22 heavy (non-hydrogen) atoms. The quantitative estimate of drug-likeness (QED) is 0.825. The Morgan fingerprint density at radius 2 is 2.00 bits per heavy atom. The van der Waals surface area contributed by atoms with E-state index in [0.29, 0.717) is 4.88 Å². The number of sulfonamides is 1. The zero-order valence-corrected chi connectivity index (χ0v) is 14.1. The van der Waals surface area contributed by atoms with Crippen molar-refractivity contribution in [3.05, 3.63) is 21.9 Å². The second kappa shape index (κ2) is 6.35. The number of hydrogen-bond acceptors (Lipinski definition) is 5. The molecule has 1 aliphatic rings. The lowest BCUT2D eigenvalue weighted by Gasteiger charge is -2.21. The van der Waals surface area contributed by atoms with Crippen LogP contribution in [0.3, 0.4) is 0 Å². The third-order valence-corrected chi connectivity index (χ3v) is 5.89. The van der Waals surface area contributed by atoms with Crippen molar-refractivity contribution in [3.8, 4) is 0 Å². The Hall–Kier alpha value is -1.45. The van der Waals surface area contributed by atoms with Gasteiger partial charge in [-0.25, -0.2) is 8.42 Å². The number of rotatable bonds is 3. The number of primary amides is 1. The van der Waals surface area contributed by atoms with Gasteiger partial charge in [-0.1, -0.05) is 0 Å². The second-order valence-electron chi connectivity index (χ2n) is 5.46. The Balaban J connectivity index is 2.23. The van der Waals surface area contributed by atoms with E-state index in [0.717, 1.165) is 11.8 Å². The molecule has 2 heterocycles. The lowest BCUT2D eigenvalue weighted by atomic mass is 10.1. The first-order valence-corrected chi connectivity index (χ1v) is 9.50. The van der Waals surface area contributed by atoms with Crippen molar-refractivity contribution in [2.45, 2.75) is 6.92 Å². The highest BCUT2D eigenvalue weighted by Crippen LogP contribution is 2.19. The van der Waals surface area contributed by atoms with Gasteiger partial charge >= 0.3 is 0 Å². The fourth-order valence-corrected chi connectivity index (χ4v) is 4.08. The van der Waals surface area contributed by atoms with E-state index in [4.69, 9.17) is 5.73 Å². The maximum Gasteiger partial charge on any atom is 0.263 e. The van der Waals surface area contributed by atoms with Gasteiger partial charge in [0.2, 0.25) is 15.9 Å². The molecular formula is C13H19N3O4S2. The van der Waals surface area contributed by atoms with E-state index in [-0.39, 0.29) is 32.1 Å². The SMILES string of the molecule is Cc1csc(C(=O)N2CCN(S(C)(=O)=O)C[C@H](C(N)=O)C2)c1. The summed E-state index contributed by atoms with van der Waals surface area (Å²) in [4.78, 5) is 26.1. The molecule has 0 unspecified atom stereocenters. The van der Waals surface area contributed by atoms with Crippen molar-refractivity contribution in [1.29, 1.82) is 0 Å². The first kappa shape index (κ1) is 16.9. The van der Waals surface area contributed by atoms with Crippen LogP contribution in [0.5, 0.6) is 0 Å². The molecule has 0 radical (unpaired) electrons. The zero-order valence-electron chi connectivity index (χ0n) is 12.5. The summed E-state index contributed by atoms with van der Waals surface area (Å²) in [6.07, 6.45) is 1.09. The predicted octanol–water partition coefficient (Wildman–Crippen LogP) is -0.125. The maximum atomic E-state index is 12.5. The molecule has 1 aliphatic heterocycles. The van der Waals surface area contributed by atoms with Gasteiger partial charge in [0.25, 0.3) is 5.91 Å². The summed E-state index contributed by atoms with van der Waals surface area (Å²) in [5, 5.41) is 1.87. The summed E-state index contributed by atoms with van der Waals surface area (Å²) in [6, 6.07) is 1.78. The Kier molecular flexibility index (Phi) is 4.88.